The normalized spacial score (nSPS) is 12.2. The molecule has 1 unspecified atom stereocenters. The smallest absolute Gasteiger partial charge is 0.226 e. The number of hydrogen-bond donors (Lipinski definition) is 2. The molecule has 6 nitrogen and oxygen atoms in total. The number of aromatic nitrogens is 2. The summed E-state index contributed by atoms with van der Waals surface area (Å²) >= 11 is 0. The fourth-order valence-electron chi connectivity index (χ4n) is 1.30. The SMILES string of the molecule is CCOc1cc(C)nc(NCC(O)COC)n1. The van der Waals surface area contributed by atoms with Gasteiger partial charge in [0.15, 0.2) is 0 Å². The van der Waals surface area contributed by atoms with E-state index >= 15 is 0 Å². The van der Waals surface area contributed by atoms with Gasteiger partial charge in [-0.05, 0) is 13.8 Å². The molecule has 0 radical (unpaired) electrons. The summed E-state index contributed by atoms with van der Waals surface area (Å²) in [5.74, 6) is 0.979. The molecule has 0 bridgehead atoms. The number of methoxy groups -OCH3 is 1. The van der Waals surface area contributed by atoms with E-state index in [9.17, 15) is 5.11 Å². The average Bonchev–Trinajstić information content (AvgIpc) is 2.26. The molecule has 0 aliphatic rings. The Morgan fingerprint density at radius 3 is 2.88 bits per heavy atom. The zero-order valence-electron chi connectivity index (χ0n) is 10.4. The summed E-state index contributed by atoms with van der Waals surface area (Å²) in [6.45, 7) is 4.93. The molecule has 1 rings (SSSR count). The number of aliphatic hydroxyl groups excluding tert-OH is 1. The fraction of sp³-hybridized carbons (Fsp3) is 0.636. The second-order valence-electron chi connectivity index (χ2n) is 3.59. The molecule has 1 atom stereocenters. The van der Waals surface area contributed by atoms with Gasteiger partial charge in [0, 0.05) is 25.4 Å². The standard InChI is InChI=1S/C11H19N3O3/c1-4-17-10-5-8(2)13-11(14-10)12-6-9(15)7-16-3/h5,9,15H,4,6-7H2,1-3H3,(H,12,13,14). The van der Waals surface area contributed by atoms with Crippen molar-refractivity contribution in [3.8, 4) is 5.88 Å². The highest BCUT2D eigenvalue weighted by atomic mass is 16.5. The molecule has 1 aromatic rings. The van der Waals surface area contributed by atoms with Gasteiger partial charge in [-0.2, -0.15) is 4.98 Å². The number of aryl methyl sites for hydroxylation is 1. The number of aliphatic hydroxyl groups is 1. The van der Waals surface area contributed by atoms with E-state index < -0.39 is 6.10 Å². The second-order valence-corrected chi connectivity index (χ2v) is 3.59. The summed E-state index contributed by atoms with van der Waals surface area (Å²) in [6.07, 6.45) is -0.584. The molecule has 0 spiro atoms. The fourth-order valence-corrected chi connectivity index (χ4v) is 1.30. The summed E-state index contributed by atoms with van der Waals surface area (Å²) in [6, 6.07) is 1.76. The Kier molecular flexibility index (Phi) is 5.65. The van der Waals surface area contributed by atoms with Gasteiger partial charge in [0.1, 0.15) is 0 Å². The van der Waals surface area contributed by atoms with Gasteiger partial charge in [-0.25, -0.2) is 4.98 Å². The minimum absolute atomic E-state index is 0.275. The Labute approximate surface area is 101 Å². The Balaban J connectivity index is 2.57. The van der Waals surface area contributed by atoms with Crippen LogP contribution in [0.2, 0.25) is 0 Å². The molecule has 1 heterocycles. The summed E-state index contributed by atoms with van der Waals surface area (Å²) in [4.78, 5) is 8.35. The van der Waals surface area contributed by atoms with E-state index in [1.54, 1.807) is 13.2 Å². The molecule has 2 N–H and O–H groups in total. The molecule has 96 valence electrons. The lowest BCUT2D eigenvalue weighted by molar-refractivity contribution is 0.0726. The Hall–Kier alpha value is -1.40. The number of hydrogen-bond acceptors (Lipinski definition) is 6. The van der Waals surface area contributed by atoms with Crippen LogP contribution < -0.4 is 10.1 Å². The third-order valence-corrected chi connectivity index (χ3v) is 1.98. The Morgan fingerprint density at radius 2 is 2.24 bits per heavy atom. The second kappa shape index (κ2) is 7.03. The first-order valence-corrected chi connectivity index (χ1v) is 5.55. The maximum absolute atomic E-state index is 9.48. The first-order chi connectivity index (χ1) is 8.15. The van der Waals surface area contributed by atoms with Crippen LogP contribution in [0.4, 0.5) is 5.95 Å². The monoisotopic (exact) mass is 241 g/mol. The number of ether oxygens (including phenoxy) is 2. The van der Waals surface area contributed by atoms with Crippen molar-refractivity contribution in [3.05, 3.63) is 11.8 Å². The van der Waals surface area contributed by atoms with E-state index in [0.29, 0.717) is 25.0 Å². The third-order valence-electron chi connectivity index (χ3n) is 1.98. The third kappa shape index (κ3) is 4.97. The van der Waals surface area contributed by atoms with Gasteiger partial charge in [0.2, 0.25) is 11.8 Å². The van der Waals surface area contributed by atoms with Crippen LogP contribution in [0, 0.1) is 6.92 Å². The first-order valence-electron chi connectivity index (χ1n) is 5.55. The molecular weight excluding hydrogens is 222 g/mol. The number of rotatable bonds is 7. The van der Waals surface area contributed by atoms with Crippen LogP contribution in [0.1, 0.15) is 12.6 Å². The zero-order valence-corrected chi connectivity index (χ0v) is 10.4. The summed E-state index contributed by atoms with van der Waals surface area (Å²) in [5, 5.41) is 12.4. The van der Waals surface area contributed by atoms with Crippen LogP contribution in [0.25, 0.3) is 0 Å². The molecule has 0 amide bonds. The van der Waals surface area contributed by atoms with Crippen LogP contribution in [-0.4, -0.2) is 48.0 Å². The maximum Gasteiger partial charge on any atom is 0.226 e. The van der Waals surface area contributed by atoms with E-state index in [1.165, 1.54) is 0 Å². The van der Waals surface area contributed by atoms with E-state index in [1.807, 2.05) is 13.8 Å². The van der Waals surface area contributed by atoms with Crippen LogP contribution in [-0.2, 0) is 4.74 Å². The average molecular weight is 241 g/mol. The van der Waals surface area contributed by atoms with Crippen LogP contribution in [0.3, 0.4) is 0 Å². The molecule has 0 saturated carbocycles. The predicted octanol–water partition coefficient (Wildman–Crippen LogP) is 0.603. The quantitative estimate of drug-likeness (QED) is 0.728. The van der Waals surface area contributed by atoms with Crippen LogP contribution in [0.5, 0.6) is 5.88 Å². The highest BCUT2D eigenvalue weighted by molar-refractivity contribution is 5.30. The lowest BCUT2D eigenvalue weighted by Gasteiger charge is -2.11. The van der Waals surface area contributed by atoms with Crippen molar-refractivity contribution >= 4 is 5.95 Å². The van der Waals surface area contributed by atoms with Gasteiger partial charge in [0.05, 0.1) is 19.3 Å². The lowest BCUT2D eigenvalue weighted by atomic mass is 10.4. The molecule has 0 saturated heterocycles. The first kappa shape index (κ1) is 13.7. The topological polar surface area (TPSA) is 76.5 Å². The van der Waals surface area contributed by atoms with E-state index in [-0.39, 0.29) is 6.61 Å². The number of anilines is 1. The van der Waals surface area contributed by atoms with Crippen molar-refractivity contribution in [2.24, 2.45) is 0 Å². The summed E-state index contributed by atoms with van der Waals surface area (Å²) in [5.41, 5.74) is 0.812. The predicted molar refractivity (Wildman–Crippen MR) is 64.3 cm³/mol. The largest absolute Gasteiger partial charge is 0.478 e. The van der Waals surface area contributed by atoms with Crippen LogP contribution in [0.15, 0.2) is 6.07 Å². The Morgan fingerprint density at radius 1 is 1.47 bits per heavy atom. The minimum atomic E-state index is -0.584. The maximum atomic E-state index is 9.48. The van der Waals surface area contributed by atoms with Crippen molar-refractivity contribution < 1.29 is 14.6 Å². The van der Waals surface area contributed by atoms with Crippen molar-refractivity contribution in [1.29, 1.82) is 0 Å². The highest BCUT2D eigenvalue weighted by Crippen LogP contribution is 2.11. The van der Waals surface area contributed by atoms with Crippen molar-refractivity contribution in [2.45, 2.75) is 20.0 Å². The zero-order chi connectivity index (χ0) is 12.7. The van der Waals surface area contributed by atoms with Gasteiger partial charge >= 0.3 is 0 Å². The van der Waals surface area contributed by atoms with Gasteiger partial charge in [-0.1, -0.05) is 0 Å². The molecular formula is C11H19N3O3. The van der Waals surface area contributed by atoms with Crippen LogP contribution >= 0.6 is 0 Å². The van der Waals surface area contributed by atoms with Gasteiger partial charge in [-0.15, -0.1) is 0 Å². The van der Waals surface area contributed by atoms with Crippen molar-refractivity contribution in [2.75, 3.05) is 32.2 Å². The highest BCUT2D eigenvalue weighted by Gasteiger charge is 2.06. The van der Waals surface area contributed by atoms with Gasteiger partial charge < -0.3 is 19.9 Å². The van der Waals surface area contributed by atoms with Gasteiger partial charge in [0.25, 0.3) is 0 Å². The minimum Gasteiger partial charge on any atom is -0.478 e. The van der Waals surface area contributed by atoms with Crippen molar-refractivity contribution in [3.63, 3.8) is 0 Å². The Bertz CT molecular complexity index is 347. The van der Waals surface area contributed by atoms with Crippen molar-refractivity contribution in [1.82, 2.24) is 9.97 Å². The lowest BCUT2D eigenvalue weighted by Crippen LogP contribution is -2.25. The molecule has 0 aliphatic heterocycles. The molecule has 0 aromatic carbocycles. The molecule has 17 heavy (non-hydrogen) atoms. The van der Waals surface area contributed by atoms with E-state index in [0.717, 1.165) is 5.69 Å². The summed E-state index contributed by atoms with van der Waals surface area (Å²) in [7, 11) is 1.54. The van der Waals surface area contributed by atoms with Gasteiger partial charge in [-0.3, -0.25) is 0 Å². The molecule has 0 aliphatic carbocycles. The number of nitrogens with one attached hydrogen (secondary N) is 1. The molecule has 1 aromatic heterocycles. The van der Waals surface area contributed by atoms with E-state index in [2.05, 4.69) is 15.3 Å². The molecule has 0 fully saturated rings. The number of nitrogens with zero attached hydrogens (tertiary/aromatic N) is 2. The molecule has 6 heteroatoms. The summed E-state index contributed by atoms with van der Waals surface area (Å²) < 4.78 is 10.1. The van der Waals surface area contributed by atoms with E-state index in [4.69, 9.17) is 9.47 Å².